The lowest BCUT2D eigenvalue weighted by atomic mass is 9.32. The van der Waals surface area contributed by atoms with Gasteiger partial charge in [-0.1, -0.05) is 65.0 Å². The van der Waals surface area contributed by atoms with Crippen LogP contribution in [-0.2, 0) is 9.32 Å². The van der Waals surface area contributed by atoms with Gasteiger partial charge in [-0.15, -0.1) is 0 Å². The molecule has 0 saturated heterocycles. The molecule has 4 saturated carbocycles. The summed E-state index contributed by atoms with van der Waals surface area (Å²) < 4.78 is 4.85. The molecule has 4 nitrogen and oxygen atoms in total. The van der Waals surface area contributed by atoms with E-state index in [-0.39, 0.29) is 39.0 Å². The Morgan fingerprint density at radius 1 is 0.905 bits per heavy atom. The minimum Gasteiger partial charge on any atom is -0.448 e. The predicted octanol–water partition coefficient (Wildman–Crippen LogP) is 8.77. The third kappa shape index (κ3) is 3.82. The van der Waals surface area contributed by atoms with Crippen molar-refractivity contribution in [2.75, 3.05) is 0 Å². The zero-order valence-corrected chi connectivity index (χ0v) is 27.9. The van der Waals surface area contributed by atoms with Crippen LogP contribution in [0.2, 0.25) is 0 Å². The monoisotopic (exact) mass is 589 g/mol. The number of benzene rings is 1. The summed E-state index contributed by atoms with van der Waals surface area (Å²) in [4.78, 5) is 25.2. The Labute approximate surface area is 256 Å². The Hall–Kier alpha value is -1.93. The van der Waals surface area contributed by atoms with E-state index in [0.717, 1.165) is 32.1 Å². The van der Waals surface area contributed by atoms with Crippen LogP contribution in [0.3, 0.4) is 0 Å². The highest BCUT2D eigenvalue weighted by atomic mass is 31.0. The highest BCUT2D eigenvalue weighted by Crippen LogP contribution is 2.77. The number of allylic oxidation sites excluding steroid dienone is 3. The zero-order valence-electron chi connectivity index (χ0n) is 26.7. The van der Waals surface area contributed by atoms with E-state index in [4.69, 9.17) is 10.3 Å². The van der Waals surface area contributed by atoms with Crippen molar-refractivity contribution in [1.29, 1.82) is 0 Å². The molecule has 5 aliphatic rings. The molecule has 5 aliphatic carbocycles. The molecule has 1 aromatic carbocycles. The van der Waals surface area contributed by atoms with E-state index in [1.54, 1.807) is 0 Å². The fraction of sp³-hybridized carbons (Fsp3) is 0.676. The van der Waals surface area contributed by atoms with Gasteiger partial charge < -0.3 is 10.3 Å². The minimum absolute atomic E-state index is 0.0267. The average Bonchev–Trinajstić information content (AvgIpc) is 3.34. The van der Waals surface area contributed by atoms with Crippen LogP contribution in [0.5, 0.6) is 0 Å². The quantitative estimate of drug-likeness (QED) is 0.282. The van der Waals surface area contributed by atoms with Gasteiger partial charge in [-0.25, -0.2) is 4.79 Å². The van der Waals surface area contributed by atoms with Gasteiger partial charge in [-0.2, -0.15) is 0 Å². The lowest BCUT2D eigenvalue weighted by Gasteiger charge is -2.72. The molecule has 0 aromatic heterocycles. The van der Waals surface area contributed by atoms with Crippen LogP contribution in [-0.4, -0.2) is 11.9 Å². The molecule has 0 aliphatic heterocycles. The molecule has 42 heavy (non-hydrogen) atoms. The topological polar surface area (TPSA) is 69.4 Å². The smallest absolute Gasteiger partial charge is 0.340 e. The molecule has 6 rings (SSSR count). The van der Waals surface area contributed by atoms with E-state index in [1.807, 2.05) is 21.6 Å². The molecule has 228 valence electrons. The van der Waals surface area contributed by atoms with Crippen LogP contribution in [0.1, 0.15) is 115 Å². The van der Waals surface area contributed by atoms with E-state index in [0.29, 0.717) is 35.2 Å². The van der Waals surface area contributed by atoms with Crippen LogP contribution in [0, 0.1) is 56.7 Å². The third-order valence-corrected chi connectivity index (χ3v) is 14.9. The molecule has 1 aromatic rings. The first kappa shape index (κ1) is 30.1. The molecule has 10 atom stereocenters. The molecule has 0 heterocycles. The van der Waals surface area contributed by atoms with Crippen molar-refractivity contribution in [2.45, 2.75) is 99.3 Å². The van der Waals surface area contributed by atoms with Crippen molar-refractivity contribution >= 4 is 26.9 Å². The first-order chi connectivity index (χ1) is 19.7. The number of hydrogen-bond donors (Lipinski definition) is 1. The number of carbonyl (C=O) groups is 2. The van der Waals surface area contributed by atoms with Gasteiger partial charge in [0.25, 0.3) is 0 Å². The van der Waals surface area contributed by atoms with Gasteiger partial charge in [0.15, 0.2) is 0 Å². The predicted molar refractivity (Wildman–Crippen MR) is 173 cm³/mol. The van der Waals surface area contributed by atoms with Crippen LogP contribution in [0.15, 0.2) is 42.5 Å². The van der Waals surface area contributed by atoms with E-state index >= 15 is 0 Å². The molecule has 0 bridgehead atoms. The fourth-order valence-electron chi connectivity index (χ4n) is 12.5. The average molecular weight is 590 g/mol. The SMILES string of the molecule is C=C(C)[C@@H]1CC[C@]2(C(N)=O)CC[C@]3(C)[C@H](CC[C@@H]4[C@@]5(C)CC=C(c6ccc(C(=O)OP)cc6)C(C)(C)[C@@H]5CC[C@]43C)[C@@H]12. The second-order valence-corrected chi connectivity index (χ2v) is 16.5. The Balaban J connectivity index is 1.36. The summed E-state index contributed by atoms with van der Waals surface area (Å²) >= 11 is 0. The lowest BCUT2D eigenvalue weighted by molar-refractivity contribution is -0.224. The van der Waals surface area contributed by atoms with Crippen molar-refractivity contribution in [3.8, 4) is 0 Å². The largest absolute Gasteiger partial charge is 0.448 e. The lowest BCUT2D eigenvalue weighted by Crippen LogP contribution is -2.66. The van der Waals surface area contributed by atoms with Crippen molar-refractivity contribution in [3.63, 3.8) is 0 Å². The summed E-state index contributed by atoms with van der Waals surface area (Å²) in [5, 5.41) is 0. The standard InChI is InChI=1S/C37H52NO3P/c1-22(2)25-14-19-37(32(38)40)21-20-35(6)27(30(25)37)12-13-29-34(5)17-15-26(23-8-10-24(11-9-23)31(39)41-42)33(3,4)28(34)16-18-36(29,35)7/h8-11,15,25,27-30H,1,12-14,16-21,42H2,2-7H3,(H2,38,40)/t25-,27+,28-,29+,30+,34-,35+,36+,37-/m0/s1. The number of carbonyl (C=O) groups excluding carboxylic acids is 2. The molecule has 4 fully saturated rings. The maximum atomic E-state index is 13.2. The van der Waals surface area contributed by atoms with E-state index in [1.165, 1.54) is 42.4 Å². The number of hydrogen-bond acceptors (Lipinski definition) is 3. The Kier molecular flexibility index (Phi) is 7.02. The maximum Gasteiger partial charge on any atom is 0.340 e. The first-order valence-electron chi connectivity index (χ1n) is 16.3. The van der Waals surface area contributed by atoms with Gasteiger partial charge >= 0.3 is 5.97 Å². The van der Waals surface area contributed by atoms with Crippen LogP contribution < -0.4 is 5.73 Å². The number of amides is 1. The summed E-state index contributed by atoms with van der Waals surface area (Å²) in [6.07, 6.45) is 12.6. The van der Waals surface area contributed by atoms with E-state index in [2.05, 4.69) is 66.3 Å². The van der Waals surface area contributed by atoms with Crippen LogP contribution in [0.25, 0.3) is 5.57 Å². The Morgan fingerprint density at radius 3 is 2.21 bits per heavy atom. The third-order valence-electron chi connectivity index (χ3n) is 14.7. The van der Waals surface area contributed by atoms with Gasteiger partial charge in [0.1, 0.15) is 0 Å². The molecule has 1 amide bonds. The van der Waals surface area contributed by atoms with Gasteiger partial charge in [0.05, 0.1) is 20.4 Å². The number of rotatable bonds is 4. The Bertz CT molecular complexity index is 1350. The van der Waals surface area contributed by atoms with Gasteiger partial charge in [-0.05, 0) is 139 Å². The highest BCUT2D eigenvalue weighted by Gasteiger charge is 2.71. The summed E-state index contributed by atoms with van der Waals surface area (Å²) in [7, 11) is 2.05. The zero-order chi connectivity index (χ0) is 30.5. The molecule has 0 radical (unpaired) electrons. The van der Waals surface area contributed by atoms with Crippen molar-refractivity contribution in [3.05, 3.63) is 53.6 Å². The van der Waals surface area contributed by atoms with Crippen molar-refractivity contribution in [2.24, 2.45) is 62.4 Å². The molecule has 2 N–H and O–H groups in total. The summed E-state index contributed by atoms with van der Waals surface area (Å²) in [6.45, 7) is 19.4. The minimum atomic E-state index is -0.342. The number of primary amides is 1. The second kappa shape index (κ2) is 9.79. The molecule has 5 heteroatoms. The summed E-state index contributed by atoms with van der Waals surface area (Å²) in [5.74, 6) is 2.14. The Morgan fingerprint density at radius 2 is 1.60 bits per heavy atom. The van der Waals surface area contributed by atoms with Crippen LogP contribution >= 0.6 is 9.47 Å². The fourth-order valence-corrected chi connectivity index (χ4v) is 12.7. The number of nitrogens with two attached hydrogens (primary N) is 1. The van der Waals surface area contributed by atoms with Crippen molar-refractivity contribution in [1.82, 2.24) is 0 Å². The summed E-state index contributed by atoms with van der Waals surface area (Å²) in [6, 6.07) is 7.98. The van der Waals surface area contributed by atoms with Crippen LogP contribution in [0.4, 0.5) is 0 Å². The van der Waals surface area contributed by atoms with E-state index in [9.17, 15) is 9.59 Å². The number of fused-ring (bicyclic) bond motifs is 7. The van der Waals surface area contributed by atoms with Crippen molar-refractivity contribution < 1.29 is 14.1 Å². The molecular formula is C37H52NO3P. The van der Waals surface area contributed by atoms with Gasteiger partial charge in [0, 0.05) is 0 Å². The summed E-state index contributed by atoms with van der Waals surface area (Å²) in [5.41, 5.74) is 11.1. The van der Waals surface area contributed by atoms with Gasteiger partial charge in [-0.3, -0.25) is 4.79 Å². The second-order valence-electron chi connectivity index (χ2n) is 16.2. The normalized spacial score (nSPS) is 43.6. The highest BCUT2D eigenvalue weighted by molar-refractivity contribution is 7.10. The maximum absolute atomic E-state index is 13.2. The van der Waals surface area contributed by atoms with Gasteiger partial charge in [0.2, 0.25) is 5.91 Å². The first-order valence-corrected chi connectivity index (χ1v) is 16.8. The van der Waals surface area contributed by atoms with E-state index < -0.39 is 0 Å². The molecular weight excluding hydrogens is 537 g/mol. The molecule has 1 unspecified atom stereocenters. The molecule has 0 spiro atoms.